The average Bonchev–Trinajstić information content (AvgIpc) is 2.88. The third-order valence-electron chi connectivity index (χ3n) is 5.98. The highest BCUT2D eigenvalue weighted by Crippen LogP contribution is 2.13. The second-order valence-electron chi connectivity index (χ2n) is 9.64. The Morgan fingerprint density at radius 1 is 0.700 bits per heavy atom. The van der Waals surface area contributed by atoms with E-state index in [1.165, 1.54) is 36.4 Å². The number of carbonyl (C=O) groups is 5. The number of phenols is 2. The molecular formula is C27H34N4O9. The first-order valence-corrected chi connectivity index (χ1v) is 12.4. The summed E-state index contributed by atoms with van der Waals surface area (Å²) in [6.45, 7) is 3.10. The number of carboxylic acid groups (broad SMARTS) is 2. The SMILES string of the molecule is CC(C)C(NC(=O)C(CC(=O)O)NC(=O)C(Cc1ccc(O)cc1)NC(=O)C(N)Cc1ccc(O)cc1)C(=O)O. The van der Waals surface area contributed by atoms with Crippen molar-refractivity contribution in [3.05, 3.63) is 59.7 Å². The Balaban J connectivity index is 2.25. The summed E-state index contributed by atoms with van der Waals surface area (Å²) in [5.74, 6) is -5.91. The molecule has 2 aromatic rings. The van der Waals surface area contributed by atoms with Crippen LogP contribution in [0.5, 0.6) is 11.5 Å². The van der Waals surface area contributed by atoms with Crippen LogP contribution in [-0.4, -0.2) is 74.3 Å². The van der Waals surface area contributed by atoms with Crippen LogP contribution in [0.3, 0.4) is 0 Å². The van der Waals surface area contributed by atoms with E-state index in [-0.39, 0.29) is 24.3 Å². The van der Waals surface area contributed by atoms with Gasteiger partial charge in [-0.05, 0) is 47.7 Å². The summed E-state index contributed by atoms with van der Waals surface area (Å²) in [5.41, 5.74) is 7.21. The Labute approximate surface area is 230 Å². The van der Waals surface area contributed by atoms with Crippen molar-refractivity contribution in [2.24, 2.45) is 11.7 Å². The minimum atomic E-state index is -1.64. The van der Waals surface area contributed by atoms with E-state index >= 15 is 0 Å². The molecule has 0 aromatic heterocycles. The Morgan fingerprint density at radius 3 is 1.60 bits per heavy atom. The first kappa shape index (κ1) is 31.6. The molecule has 13 heteroatoms. The predicted molar refractivity (Wildman–Crippen MR) is 142 cm³/mol. The molecule has 2 aromatic carbocycles. The standard InChI is InChI=1S/C27H34N4O9/c1-14(2)23(27(39)40)31-26(38)21(13-22(34)35)30-25(37)20(12-16-5-9-18(33)10-6-16)29-24(36)19(28)11-15-3-7-17(32)8-4-15/h3-10,14,19-21,23,32-33H,11-13,28H2,1-2H3,(H,29,36)(H,30,37)(H,31,38)(H,34,35)(H,39,40). The third-order valence-corrected chi connectivity index (χ3v) is 5.98. The van der Waals surface area contributed by atoms with Crippen molar-refractivity contribution in [2.45, 2.75) is 57.3 Å². The number of carbonyl (C=O) groups excluding carboxylic acids is 3. The van der Waals surface area contributed by atoms with Crippen molar-refractivity contribution in [1.29, 1.82) is 0 Å². The van der Waals surface area contributed by atoms with E-state index in [0.29, 0.717) is 11.1 Å². The second kappa shape index (κ2) is 14.5. The number of phenolic OH excluding ortho intramolecular Hbond substituents is 2. The summed E-state index contributed by atoms with van der Waals surface area (Å²) in [5, 5.41) is 44.8. The number of hydrogen-bond acceptors (Lipinski definition) is 8. The number of amides is 3. The summed E-state index contributed by atoms with van der Waals surface area (Å²) < 4.78 is 0. The molecule has 0 saturated carbocycles. The molecule has 4 unspecified atom stereocenters. The van der Waals surface area contributed by atoms with Gasteiger partial charge in [-0.2, -0.15) is 0 Å². The van der Waals surface area contributed by atoms with Gasteiger partial charge in [0.2, 0.25) is 17.7 Å². The Bertz CT molecular complexity index is 1200. The Kier molecular flexibility index (Phi) is 11.4. The van der Waals surface area contributed by atoms with Gasteiger partial charge < -0.3 is 42.1 Å². The fourth-order valence-corrected chi connectivity index (χ4v) is 3.76. The van der Waals surface area contributed by atoms with Gasteiger partial charge in [-0.25, -0.2) is 4.79 Å². The fraction of sp³-hybridized carbons (Fsp3) is 0.370. The van der Waals surface area contributed by atoms with Gasteiger partial charge in [0.05, 0.1) is 12.5 Å². The summed E-state index contributed by atoms with van der Waals surface area (Å²) in [6, 6.07) is 6.43. The molecule has 2 rings (SSSR count). The number of nitrogens with one attached hydrogen (secondary N) is 3. The van der Waals surface area contributed by atoms with Crippen LogP contribution in [0.4, 0.5) is 0 Å². The molecule has 0 aliphatic carbocycles. The van der Waals surface area contributed by atoms with Crippen molar-refractivity contribution < 1.29 is 44.4 Å². The average molecular weight is 559 g/mol. The second-order valence-corrected chi connectivity index (χ2v) is 9.64. The minimum absolute atomic E-state index is 0.0268. The number of aromatic hydroxyl groups is 2. The molecule has 40 heavy (non-hydrogen) atoms. The molecule has 0 aliphatic heterocycles. The lowest BCUT2D eigenvalue weighted by Crippen LogP contribution is -2.58. The largest absolute Gasteiger partial charge is 0.508 e. The van der Waals surface area contributed by atoms with E-state index in [1.54, 1.807) is 26.0 Å². The fourth-order valence-electron chi connectivity index (χ4n) is 3.76. The first-order chi connectivity index (χ1) is 18.8. The van der Waals surface area contributed by atoms with Gasteiger partial charge in [0.1, 0.15) is 29.6 Å². The quantitative estimate of drug-likeness (QED) is 0.153. The zero-order valence-corrected chi connectivity index (χ0v) is 22.0. The van der Waals surface area contributed by atoms with Crippen molar-refractivity contribution in [2.75, 3.05) is 0 Å². The van der Waals surface area contributed by atoms with Gasteiger partial charge in [-0.15, -0.1) is 0 Å². The van der Waals surface area contributed by atoms with E-state index in [2.05, 4.69) is 16.0 Å². The molecule has 0 saturated heterocycles. The molecular weight excluding hydrogens is 524 g/mol. The molecule has 0 bridgehead atoms. The topological polar surface area (TPSA) is 228 Å². The highest BCUT2D eigenvalue weighted by Gasteiger charge is 2.32. The number of nitrogens with two attached hydrogens (primary N) is 1. The number of carboxylic acids is 2. The van der Waals surface area contributed by atoms with Crippen LogP contribution in [0.2, 0.25) is 0 Å². The van der Waals surface area contributed by atoms with Crippen molar-refractivity contribution >= 4 is 29.7 Å². The van der Waals surface area contributed by atoms with E-state index in [4.69, 9.17) is 5.73 Å². The van der Waals surface area contributed by atoms with Crippen molar-refractivity contribution in [1.82, 2.24) is 16.0 Å². The smallest absolute Gasteiger partial charge is 0.326 e. The van der Waals surface area contributed by atoms with Crippen LogP contribution in [0.25, 0.3) is 0 Å². The molecule has 0 fully saturated rings. The van der Waals surface area contributed by atoms with E-state index in [1.807, 2.05) is 0 Å². The maximum absolute atomic E-state index is 13.3. The van der Waals surface area contributed by atoms with Crippen molar-refractivity contribution in [3.63, 3.8) is 0 Å². The van der Waals surface area contributed by atoms with Crippen LogP contribution in [0.15, 0.2) is 48.5 Å². The first-order valence-electron chi connectivity index (χ1n) is 12.4. The summed E-state index contributed by atoms with van der Waals surface area (Å²) >= 11 is 0. The summed E-state index contributed by atoms with van der Waals surface area (Å²) in [7, 11) is 0. The zero-order valence-electron chi connectivity index (χ0n) is 22.0. The van der Waals surface area contributed by atoms with E-state index in [0.717, 1.165) is 0 Å². The lowest BCUT2D eigenvalue weighted by Gasteiger charge is -2.25. The van der Waals surface area contributed by atoms with E-state index < -0.39 is 66.2 Å². The van der Waals surface area contributed by atoms with Crippen LogP contribution in [0.1, 0.15) is 31.4 Å². The summed E-state index contributed by atoms with van der Waals surface area (Å²) in [4.78, 5) is 61.9. The molecule has 9 N–H and O–H groups in total. The van der Waals surface area contributed by atoms with Gasteiger partial charge >= 0.3 is 11.9 Å². The maximum atomic E-state index is 13.3. The van der Waals surface area contributed by atoms with E-state index in [9.17, 15) is 44.4 Å². The predicted octanol–water partition coefficient (Wildman–Crippen LogP) is -0.120. The number of benzene rings is 2. The molecule has 0 spiro atoms. The van der Waals surface area contributed by atoms with Crippen molar-refractivity contribution in [3.8, 4) is 11.5 Å². The monoisotopic (exact) mass is 558 g/mol. The number of rotatable bonds is 14. The molecule has 4 atom stereocenters. The normalized spacial score (nSPS) is 13.9. The molecule has 216 valence electrons. The molecule has 13 nitrogen and oxygen atoms in total. The van der Waals surface area contributed by atoms with Gasteiger partial charge in [-0.1, -0.05) is 38.1 Å². The Hall–Kier alpha value is -4.65. The minimum Gasteiger partial charge on any atom is -0.508 e. The van der Waals surface area contributed by atoms with Gasteiger partial charge in [-0.3, -0.25) is 19.2 Å². The highest BCUT2D eigenvalue weighted by molar-refractivity contribution is 5.95. The molecule has 0 heterocycles. The lowest BCUT2D eigenvalue weighted by molar-refractivity contribution is -0.144. The molecule has 3 amide bonds. The van der Waals surface area contributed by atoms with Gasteiger partial charge in [0, 0.05) is 6.42 Å². The lowest BCUT2D eigenvalue weighted by atomic mass is 10.0. The van der Waals surface area contributed by atoms with Gasteiger partial charge in [0.25, 0.3) is 0 Å². The third kappa shape index (κ3) is 9.91. The van der Waals surface area contributed by atoms with Gasteiger partial charge in [0.15, 0.2) is 0 Å². The van der Waals surface area contributed by atoms with Crippen LogP contribution >= 0.6 is 0 Å². The maximum Gasteiger partial charge on any atom is 0.326 e. The summed E-state index contributed by atoms with van der Waals surface area (Å²) in [6.07, 6.45) is -0.868. The van der Waals surface area contributed by atoms with Crippen LogP contribution in [-0.2, 0) is 36.8 Å². The molecule has 0 aliphatic rings. The van der Waals surface area contributed by atoms with Crippen LogP contribution < -0.4 is 21.7 Å². The highest BCUT2D eigenvalue weighted by atomic mass is 16.4. The van der Waals surface area contributed by atoms with Crippen LogP contribution in [0, 0.1) is 5.92 Å². The number of aliphatic carboxylic acids is 2. The number of hydrogen-bond donors (Lipinski definition) is 8. The zero-order chi connectivity index (χ0) is 30.0. The Morgan fingerprint density at radius 2 is 1.15 bits per heavy atom. The molecule has 0 radical (unpaired) electrons.